The number of hydroxylamine groups is 2. The van der Waals surface area contributed by atoms with Crippen molar-refractivity contribution in [3.05, 3.63) is 11.9 Å². The first-order valence-corrected chi connectivity index (χ1v) is 10.3. The second-order valence-corrected chi connectivity index (χ2v) is 9.11. The van der Waals surface area contributed by atoms with Gasteiger partial charge in [-0.25, -0.2) is 9.59 Å². The van der Waals surface area contributed by atoms with Gasteiger partial charge in [-0.05, 0) is 55.4 Å². The average Bonchev–Trinajstić information content (AvgIpc) is 2.42. The van der Waals surface area contributed by atoms with Crippen LogP contribution in [-0.2, 0) is 27.9 Å². The summed E-state index contributed by atoms with van der Waals surface area (Å²) in [6.45, 7) is 13.6. The van der Waals surface area contributed by atoms with E-state index in [0.717, 1.165) is 0 Å². The largest absolute Gasteiger partial charge is 0.533 e. The van der Waals surface area contributed by atoms with Crippen molar-refractivity contribution in [2.45, 2.75) is 66.6 Å². The first-order chi connectivity index (χ1) is 12.2. The van der Waals surface area contributed by atoms with Gasteiger partial charge in [0, 0.05) is 5.82 Å². The number of ether oxygens (including phenoxy) is 2. The summed E-state index contributed by atoms with van der Waals surface area (Å²) in [5.41, 5.74) is -1.46. The van der Waals surface area contributed by atoms with Crippen molar-refractivity contribution in [2.75, 3.05) is 19.8 Å². The fourth-order valence-electron chi connectivity index (χ4n) is 1.69. The Morgan fingerprint density at radius 2 is 1.41 bits per heavy atom. The van der Waals surface area contributed by atoms with Crippen molar-refractivity contribution in [3.8, 4) is 0 Å². The van der Waals surface area contributed by atoms with Crippen LogP contribution in [0.1, 0.15) is 55.4 Å². The lowest BCUT2D eigenvalue weighted by atomic mass is 10.2. The molecule has 0 aromatic rings. The van der Waals surface area contributed by atoms with Crippen molar-refractivity contribution in [1.29, 1.82) is 0 Å². The molecule has 0 aromatic carbocycles. The monoisotopic (exact) mass is 409 g/mol. The average molecular weight is 409 g/mol. The number of rotatable bonds is 7. The van der Waals surface area contributed by atoms with Gasteiger partial charge in [-0.3, -0.25) is 18.5 Å². The molecule has 0 saturated carbocycles. The predicted octanol–water partition coefficient (Wildman–Crippen LogP) is 4.87. The first-order valence-electron chi connectivity index (χ1n) is 8.69. The Morgan fingerprint density at radius 1 is 0.926 bits per heavy atom. The molecule has 0 radical (unpaired) electrons. The molecule has 0 aliphatic rings. The van der Waals surface area contributed by atoms with Crippen LogP contribution in [0.2, 0.25) is 0 Å². The van der Waals surface area contributed by atoms with Gasteiger partial charge in [-0.2, -0.15) is 0 Å². The highest BCUT2D eigenvalue weighted by Crippen LogP contribution is 2.55. The van der Waals surface area contributed by atoms with Crippen molar-refractivity contribution in [1.82, 2.24) is 5.06 Å². The molecule has 158 valence electrons. The highest BCUT2D eigenvalue weighted by Gasteiger charge is 2.33. The van der Waals surface area contributed by atoms with Crippen molar-refractivity contribution in [2.24, 2.45) is 0 Å². The molecule has 0 bridgehead atoms. The molecule has 9 nitrogen and oxygen atoms in total. The van der Waals surface area contributed by atoms with Gasteiger partial charge < -0.3 is 9.47 Å². The minimum Gasteiger partial charge on any atom is -0.448 e. The number of nitrogens with zero attached hydrogens (tertiary/aromatic N) is 1. The molecule has 0 heterocycles. The van der Waals surface area contributed by atoms with E-state index in [4.69, 9.17) is 18.6 Å². The third-order valence-corrected chi connectivity index (χ3v) is 4.46. The molecule has 27 heavy (non-hydrogen) atoms. The van der Waals surface area contributed by atoms with Gasteiger partial charge in [0.15, 0.2) is 0 Å². The molecule has 1 amide bonds. The lowest BCUT2D eigenvalue weighted by Crippen LogP contribution is -2.34. The van der Waals surface area contributed by atoms with E-state index in [1.165, 1.54) is 11.9 Å². The number of hydrogen-bond acceptors (Lipinski definition) is 8. The fourth-order valence-corrected chi connectivity index (χ4v) is 3.73. The topological polar surface area (TPSA) is 101 Å². The number of hydrogen-bond donors (Lipinski definition) is 0. The number of amides is 1. The minimum atomic E-state index is -3.64. The molecule has 0 saturated heterocycles. The summed E-state index contributed by atoms with van der Waals surface area (Å²) in [7, 11) is -3.64. The fraction of sp³-hybridized carbons (Fsp3) is 0.765. The molecule has 0 aromatic heterocycles. The van der Waals surface area contributed by atoms with E-state index in [0.29, 0.717) is 5.06 Å². The van der Waals surface area contributed by atoms with Crippen molar-refractivity contribution >= 4 is 19.8 Å². The molecule has 0 atom stereocenters. The van der Waals surface area contributed by atoms with Gasteiger partial charge in [0.25, 0.3) is 0 Å². The lowest BCUT2D eigenvalue weighted by Gasteiger charge is -2.30. The van der Waals surface area contributed by atoms with E-state index in [-0.39, 0.29) is 19.8 Å². The van der Waals surface area contributed by atoms with E-state index < -0.39 is 31.0 Å². The molecule has 0 spiro atoms. The Hall–Kier alpha value is -1.57. The van der Waals surface area contributed by atoms with Crippen LogP contribution in [0.15, 0.2) is 11.9 Å². The molecule has 0 fully saturated rings. The highest BCUT2D eigenvalue weighted by molar-refractivity contribution is 7.57. The van der Waals surface area contributed by atoms with Crippen LogP contribution >= 0.6 is 7.60 Å². The van der Waals surface area contributed by atoms with Gasteiger partial charge in [0.05, 0.1) is 31.0 Å². The molecular formula is C17H32NO8P. The Kier molecular flexibility index (Phi) is 10.1. The van der Waals surface area contributed by atoms with Crippen LogP contribution in [0.5, 0.6) is 0 Å². The Labute approximate surface area is 161 Å². The molecule has 0 rings (SSSR count). The maximum absolute atomic E-state index is 13.0. The van der Waals surface area contributed by atoms with Gasteiger partial charge in [0.2, 0.25) is 0 Å². The molecular weight excluding hydrogens is 377 g/mol. The van der Waals surface area contributed by atoms with E-state index in [1.807, 2.05) is 0 Å². The Balaban J connectivity index is 5.33. The molecule has 0 N–H and O–H groups in total. The van der Waals surface area contributed by atoms with Crippen LogP contribution in [0.3, 0.4) is 0 Å². The van der Waals surface area contributed by atoms with Crippen LogP contribution in [-0.4, -0.2) is 48.3 Å². The van der Waals surface area contributed by atoms with E-state index in [9.17, 15) is 14.2 Å². The van der Waals surface area contributed by atoms with Crippen molar-refractivity contribution < 1.29 is 37.5 Å². The predicted molar refractivity (Wildman–Crippen MR) is 100 cm³/mol. The summed E-state index contributed by atoms with van der Waals surface area (Å²) >= 11 is 0. The zero-order valence-electron chi connectivity index (χ0n) is 17.4. The first kappa shape index (κ1) is 25.4. The molecule has 10 heteroatoms. The van der Waals surface area contributed by atoms with Gasteiger partial charge in [-0.1, -0.05) is 6.08 Å². The maximum atomic E-state index is 13.0. The van der Waals surface area contributed by atoms with Crippen LogP contribution in [0.25, 0.3) is 0 Å². The smallest absolute Gasteiger partial charge is 0.448 e. The summed E-state index contributed by atoms with van der Waals surface area (Å²) in [5.74, 6) is 1.23. The third-order valence-electron chi connectivity index (χ3n) is 2.28. The lowest BCUT2D eigenvalue weighted by molar-refractivity contribution is -0.103. The summed E-state index contributed by atoms with van der Waals surface area (Å²) in [4.78, 5) is 28.2. The quantitative estimate of drug-likeness (QED) is 0.333. The summed E-state index contributed by atoms with van der Waals surface area (Å²) < 4.78 is 33.7. The summed E-state index contributed by atoms with van der Waals surface area (Å²) in [5, 5.41) is 0.649. The van der Waals surface area contributed by atoms with Gasteiger partial charge in [0.1, 0.15) is 0 Å². The van der Waals surface area contributed by atoms with Gasteiger partial charge >= 0.3 is 19.8 Å². The van der Waals surface area contributed by atoms with Crippen molar-refractivity contribution in [3.63, 3.8) is 0 Å². The summed E-state index contributed by atoms with van der Waals surface area (Å²) in [6.07, 6.45) is -0.605. The van der Waals surface area contributed by atoms with E-state index in [1.54, 1.807) is 55.4 Å². The minimum absolute atomic E-state index is 0.0827. The SMILES string of the molecule is CCOC(=O)ON(CC=CP(=O)(OC(C)(C)C)OC(C)(C)C)C(=O)OCC. The second-order valence-electron chi connectivity index (χ2n) is 7.37. The molecule has 0 aliphatic heterocycles. The zero-order valence-corrected chi connectivity index (χ0v) is 18.3. The third kappa shape index (κ3) is 12.4. The van der Waals surface area contributed by atoms with Crippen LogP contribution in [0, 0.1) is 0 Å². The Bertz CT molecular complexity index is 542. The van der Waals surface area contributed by atoms with E-state index >= 15 is 0 Å². The summed E-state index contributed by atoms with van der Waals surface area (Å²) in [6, 6.07) is 0. The Morgan fingerprint density at radius 3 is 1.81 bits per heavy atom. The maximum Gasteiger partial charge on any atom is 0.533 e. The zero-order chi connectivity index (χ0) is 21.3. The number of carbonyl (C=O) groups excluding carboxylic acids is 2. The number of carbonyl (C=O) groups is 2. The molecule has 0 aliphatic carbocycles. The highest BCUT2D eigenvalue weighted by atomic mass is 31.2. The van der Waals surface area contributed by atoms with Crippen LogP contribution in [0.4, 0.5) is 9.59 Å². The second kappa shape index (κ2) is 10.7. The molecule has 0 unspecified atom stereocenters. The van der Waals surface area contributed by atoms with Crippen LogP contribution < -0.4 is 0 Å². The van der Waals surface area contributed by atoms with Gasteiger partial charge in [-0.15, -0.1) is 5.06 Å². The van der Waals surface area contributed by atoms with E-state index in [2.05, 4.69) is 4.74 Å². The normalized spacial score (nSPS) is 12.7. The standard InChI is InChI=1S/C17H32NO8P/c1-9-22-14(19)18(24-15(20)23-10-2)12-11-13-27(21,25-16(3,4)5)26-17(6,7)8/h11,13H,9-10,12H2,1-8H3.